The Morgan fingerprint density at radius 3 is 2.79 bits per heavy atom. The first-order chi connectivity index (χ1) is 9.16. The third-order valence-electron chi connectivity index (χ3n) is 3.14. The van der Waals surface area contributed by atoms with Crippen LogP contribution in [0, 0.1) is 0 Å². The van der Waals surface area contributed by atoms with Gasteiger partial charge in [0, 0.05) is 27.2 Å². The largest absolute Gasteiger partial charge is 0.347 e. The van der Waals surface area contributed by atoms with Crippen molar-refractivity contribution < 1.29 is 4.79 Å². The van der Waals surface area contributed by atoms with Gasteiger partial charge in [0.1, 0.15) is 0 Å². The zero-order chi connectivity index (χ0) is 13.7. The number of amides is 1. The van der Waals surface area contributed by atoms with Gasteiger partial charge in [-0.25, -0.2) is 0 Å². The van der Waals surface area contributed by atoms with E-state index in [4.69, 9.17) is 0 Å². The van der Waals surface area contributed by atoms with Crippen LogP contribution in [0.4, 0.5) is 0 Å². The van der Waals surface area contributed by atoms with Crippen LogP contribution in [0.25, 0.3) is 0 Å². The van der Waals surface area contributed by atoms with Crippen LogP contribution in [0.3, 0.4) is 0 Å². The second kappa shape index (κ2) is 6.22. The van der Waals surface area contributed by atoms with E-state index in [1.807, 2.05) is 49.3 Å². The van der Waals surface area contributed by atoms with Crippen LogP contribution in [-0.4, -0.2) is 55.4 Å². The van der Waals surface area contributed by atoms with Crippen molar-refractivity contribution in [2.75, 3.05) is 33.7 Å². The first-order valence-corrected chi connectivity index (χ1v) is 6.44. The molecule has 1 aliphatic rings. The van der Waals surface area contributed by atoms with Gasteiger partial charge in [0.2, 0.25) is 5.91 Å². The molecule has 5 heteroatoms. The lowest BCUT2D eigenvalue weighted by Crippen LogP contribution is -2.42. The van der Waals surface area contributed by atoms with Crippen molar-refractivity contribution in [3.05, 3.63) is 35.9 Å². The maximum Gasteiger partial charge on any atom is 0.242 e. The molecule has 0 bridgehead atoms. The van der Waals surface area contributed by atoms with Gasteiger partial charge in [0.25, 0.3) is 0 Å². The molecule has 2 rings (SSSR count). The highest BCUT2D eigenvalue weighted by atomic mass is 16.2. The summed E-state index contributed by atoms with van der Waals surface area (Å²) in [6, 6.07) is 9.97. The van der Waals surface area contributed by atoms with Crippen molar-refractivity contribution in [2.24, 2.45) is 4.99 Å². The van der Waals surface area contributed by atoms with Crippen LogP contribution < -0.4 is 5.32 Å². The standard InChI is InChI=1S/C14H20N4O/c1-17-9-8-15-14(17)16-10-13(19)18(2)11-12-6-4-3-5-7-12/h3-7H,8-11H2,1-2H3,(H,15,16). The van der Waals surface area contributed by atoms with E-state index in [2.05, 4.69) is 10.3 Å². The molecule has 102 valence electrons. The Balaban J connectivity index is 1.79. The van der Waals surface area contributed by atoms with Gasteiger partial charge in [0.15, 0.2) is 5.96 Å². The molecular formula is C14H20N4O. The van der Waals surface area contributed by atoms with Crippen molar-refractivity contribution >= 4 is 11.9 Å². The molecule has 1 aromatic rings. The summed E-state index contributed by atoms with van der Waals surface area (Å²) in [4.78, 5) is 20.0. The highest BCUT2D eigenvalue weighted by Gasteiger charge is 2.14. The van der Waals surface area contributed by atoms with Gasteiger partial charge < -0.3 is 15.1 Å². The van der Waals surface area contributed by atoms with Crippen LogP contribution in [0.1, 0.15) is 5.56 Å². The fourth-order valence-electron chi connectivity index (χ4n) is 1.96. The molecule has 0 fully saturated rings. The number of rotatable bonds is 4. The van der Waals surface area contributed by atoms with E-state index in [0.717, 1.165) is 24.6 Å². The highest BCUT2D eigenvalue weighted by Crippen LogP contribution is 2.02. The van der Waals surface area contributed by atoms with Crippen LogP contribution >= 0.6 is 0 Å². The lowest BCUT2D eigenvalue weighted by molar-refractivity contribution is -0.129. The maximum absolute atomic E-state index is 12.0. The normalized spacial score (nSPS) is 14.2. The number of guanidine groups is 1. The van der Waals surface area contributed by atoms with Gasteiger partial charge in [-0.15, -0.1) is 0 Å². The van der Waals surface area contributed by atoms with Crippen molar-refractivity contribution in [3.63, 3.8) is 0 Å². The number of aliphatic imine (C=N–C) groups is 1. The minimum atomic E-state index is 0.0619. The Labute approximate surface area is 113 Å². The average molecular weight is 260 g/mol. The summed E-state index contributed by atoms with van der Waals surface area (Å²) >= 11 is 0. The number of nitrogens with one attached hydrogen (secondary N) is 1. The molecule has 0 radical (unpaired) electrons. The summed E-state index contributed by atoms with van der Waals surface area (Å²) in [6.07, 6.45) is 0. The lowest BCUT2D eigenvalue weighted by atomic mass is 10.2. The Hall–Kier alpha value is -2.04. The van der Waals surface area contributed by atoms with Crippen LogP contribution in [0.15, 0.2) is 35.3 Å². The molecule has 0 saturated heterocycles. The molecule has 0 aromatic heterocycles. The van der Waals surface area contributed by atoms with Crippen molar-refractivity contribution in [3.8, 4) is 0 Å². The first kappa shape index (κ1) is 13.4. The second-order valence-corrected chi connectivity index (χ2v) is 4.72. The molecule has 19 heavy (non-hydrogen) atoms. The van der Waals surface area contributed by atoms with Gasteiger partial charge in [0.05, 0.1) is 13.1 Å². The second-order valence-electron chi connectivity index (χ2n) is 4.72. The molecule has 0 saturated carbocycles. The maximum atomic E-state index is 12.0. The molecule has 1 heterocycles. The zero-order valence-corrected chi connectivity index (χ0v) is 11.5. The predicted molar refractivity (Wildman–Crippen MR) is 75.9 cm³/mol. The van der Waals surface area contributed by atoms with Crippen molar-refractivity contribution in [1.29, 1.82) is 0 Å². The molecule has 0 spiro atoms. The van der Waals surface area contributed by atoms with Crippen molar-refractivity contribution in [1.82, 2.24) is 15.1 Å². The molecule has 0 unspecified atom stereocenters. The van der Waals surface area contributed by atoms with Crippen molar-refractivity contribution in [2.45, 2.75) is 6.54 Å². The fraction of sp³-hybridized carbons (Fsp3) is 0.429. The number of hydrogen-bond donors (Lipinski definition) is 1. The highest BCUT2D eigenvalue weighted by molar-refractivity contribution is 5.87. The van der Waals surface area contributed by atoms with Gasteiger partial charge in [-0.3, -0.25) is 9.79 Å². The third-order valence-corrected chi connectivity index (χ3v) is 3.14. The molecule has 1 aliphatic heterocycles. The Kier molecular flexibility index (Phi) is 4.39. The summed E-state index contributed by atoms with van der Waals surface area (Å²) in [7, 11) is 3.79. The average Bonchev–Trinajstić information content (AvgIpc) is 2.82. The Morgan fingerprint density at radius 1 is 1.42 bits per heavy atom. The molecule has 0 aliphatic carbocycles. The summed E-state index contributed by atoms with van der Waals surface area (Å²) in [5, 5.41) is 3.08. The Morgan fingerprint density at radius 2 is 2.16 bits per heavy atom. The predicted octanol–water partition coefficient (Wildman–Crippen LogP) is 0.536. The van der Waals surface area contributed by atoms with Gasteiger partial charge in [-0.05, 0) is 5.56 Å². The molecule has 0 atom stereocenters. The third kappa shape index (κ3) is 3.71. The number of hydrogen-bond acceptors (Lipinski definition) is 4. The van der Waals surface area contributed by atoms with Crippen LogP contribution in [0.5, 0.6) is 0 Å². The Bertz CT molecular complexity index is 458. The van der Waals surface area contributed by atoms with E-state index in [1.165, 1.54) is 0 Å². The smallest absolute Gasteiger partial charge is 0.242 e. The van der Waals surface area contributed by atoms with E-state index in [9.17, 15) is 4.79 Å². The van der Waals surface area contributed by atoms with Gasteiger partial charge in [-0.1, -0.05) is 30.3 Å². The molecule has 1 amide bonds. The van der Waals surface area contributed by atoms with Crippen LogP contribution in [-0.2, 0) is 11.3 Å². The van der Waals surface area contributed by atoms with Crippen LogP contribution in [0.2, 0.25) is 0 Å². The summed E-state index contributed by atoms with van der Waals surface area (Å²) < 4.78 is 0. The lowest BCUT2D eigenvalue weighted by Gasteiger charge is -2.19. The SMILES string of the molecule is CN(Cc1ccccc1)C(=O)CNC1=NCCN1C. The summed E-state index contributed by atoms with van der Waals surface area (Å²) in [5.74, 6) is 0.869. The summed E-state index contributed by atoms with van der Waals surface area (Å²) in [6.45, 7) is 2.62. The van der Waals surface area contributed by atoms with E-state index in [-0.39, 0.29) is 12.5 Å². The van der Waals surface area contributed by atoms with E-state index in [0.29, 0.717) is 6.54 Å². The minimum absolute atomic E-state index is 0.0619. The number of benzene rings is 1. The van der Waals surface area contributed by atoms with E-state index in [1.54, 1.807) is 4.90 Å². The molecular weight excluding hydrogens is 240 g/mol. The summed E-state index contributed by atoms with van der Waals surface area (Å²) in [5.41, 5.74) is 1.13. The number of carbonyl (C=O) groups excluding carboxylic acids is 1. The fourth-order valence-corrected chi connectivity index (χ4v) is 1.96. The quantitative estimate of drug-likeness (QED) is 0.859. The van der Waals surface area contributed by atoms with Gasteiger partial charge in [-0.2, -0.15) is 0 Å². The number of nitrogens with zero attached hydrogens (tertiary/aromatic N) is 3. The number of likely N-dealkylation sites (N-methyl/N-ethyl adjacent to an activating group) is 2. The van der Waals surface area contributed by atoms with E-state index >= 15 is 0 Å². The van der Waals surface area contributed by atoms with E-state index < -0.39 is 0 Å². The first-order valence-electron chi connectivity index (χ1n) is 6.44. The molecule has 5 nitrogen and oxygen atoms in total. The molecule has 1 N–H and O–H groups in total. The molecule has 1 aromatic carbocycles. The number of carbonyl (C=O) groups is 1. The minimum Gasteiger partial charge on any atom is -0.347 e. The monoisotopic (exact) mass is 260 g/mol. The topological polar surface area (TPSA) is 47.9 Å². The zero-order valence-electron chi connectivity index (χ0n) is 11.5. The van der Waals surface area contributed by atoms with Gasteiger partial charge >= 0.3 is 0 Å².